The van der Waals surface area contributed by atoms with Gasteiger partial charge >= 0.3 is 0 Å². The number of rotatable bonds is 6. The largest absolute Gasteiger partial charge is 0.397 e. The summed E-state index contributed by atoms with van der Waals surface area (Å²) in [7, 11) is 0. The Labute approximate surface area is 163 Å². The van der Waals surface area contributed by atoms with E-state index in [9.17, 15) is 4.79 Å². The van der Waals surface area contributed by atoms with Gasteiger partial charge in [-0.15, -0.1) is 0 Å². The Bertz CT molecular complexity index is 860. The molecule has 1 amide bonds. The predicted octanol–water partition coefficient (Wildman–Crippen LogP) is 0.670. The lowest BCUT2D eigenvalue weighted by molar-refractivity contribution is 0.100. The molecule has 1 aromatic carbocycles. The number of carbonyl (C=O) groups is 1. The SMILES string of the molecule is NC(=O)c1ccc(N)c(Nc2nc(NC3CCNC3)nc(N3CCCC3)n2)c1. The van der Waals surface area contributed by atoms with E-state index in [4.69, 9.17) is 11.5 Å². The Balaban J connectivity index is 1.64. The highest BCUT2D eigenvalue weighted by Crippen LogP contribution is 2.25. The zero-order chi connectivity index (χ0) is 19.5. The number of amides is 1. The molecule has 1 aromatic heterocycles. The van der Waals surface area contributed by atoms with Crippen LogP contribution in [0.25, 0.3) is 0 Å². The summed E-state index contributed by atoms with van der Waals surface area (Å²) in [6.07, 6.45) is 3.26. The van der Waals surface area contributed by atoms with Crippen LogP contribution in [0.1, 0.15) is 29.6 Å². The van der Waals surface area contributed by atoms with Gasteiger partial charge in [-0.05, 0) is 44.0 Å². The van der Waals surface area contributed by atoms with Crippen molar-refractivity contribution in [2.24, 2.45) is 5.73 Å². The molecule has 2 aromatic rings. The second-order valence-corrected chi connectivity index (χ2v) is 7.10. The number of nitrogens with one attached hydrogen (secondary N) is 3. The van der Waals surface area contributed by atoms with Crippen LogP contribution in [-0.2, 0) is 0 Å². The first-order valence-corrected chi connectivity index (χ1v) is 9.53. The summed E-state index contributed by atoms with van der Waals surface area (Å²) in [4.78, 5) is 27.3. The summed E-state index contributed by atoms with van der Waals surface area (Å²) in [5, 5.41) is 9.82. The molecule has 2 fully saturated rings. The van der Waals surface area contributed by atoms with Crippen LogP contribution < -0.4 is 32.3 Å². The highest BCUT2D eigenvalue weighted by molar-refractivity contribution is 5.95. The van der Waals surface area contributed by atoms with E-state index in [0.717, 1.165) is 45.4 Å². The molecule has 7 N–H and O–H groups in total. The molecule has 0 saturated carbocycles. The van der Waals surface area contributed by atoms with Gasteiger partial charge in [0.1, 0.15) is 0 Å². The van der Waals surface area contributed by atoms with Crippen molar-refractivity contribution in [3.05, 3.63) is 23.8 Å². The third kappa shape index (κ3) is 4.06. The number of nitrogen functional groups attached to an aromatic ring is 1. The van der Waals surface area contributed by atoms with Crippen LogP contribution in [0.4, 0.5) is 29.2 Å². The molecule has 3 heterocycles. The third-order valence-electron chi connectivity index (χ3n) is 4.99. The molecule has 148 valence electrons. The minimum absolute atomic E-state index is 0.282. The van der Waals surface area contributed by atoms with E-state index in [2.05, 4.69) is 35.8 Å². The first-order valence-electron chi connectivity index (χ1n) is 9.53. The number of hydrogen-bond acceptors (Lipinski definition) is 9. The van der Waals surface area contributed by atoms with E-state index >= 15 is 0 Å². The third-order valence-corrected chi connectivity index (χ3v) is 4.99. The topological polar surface area (TPSA) is 147 Å². The van der Waals surface area contributed by atoms with Gasteiger partial charge in [-0.1, -0.05) is 0 Å². The van der Waals surface area contributed by atoms with E-state index < -0.39 is 5.91 Å². The second kappa shape index (κ2) is 7.85. The molecule has 2 aliphatic heterocycles. The lowest BCUT2D eigenvalue weighted by atomic mass is 10.1. The first-order chi connectivity index (χ1) is 13.6. The number of aromatic nitrogens is 3. The number of hydrogen-bond donors (Lipinski definition) is 5. The Kier molecular flexibility index (Phi) is 5.11. The molecule has 0 bridgehead atoms. The summed E-state index contributed by atoms with van der Waals surface area (Å²) in [6, 6.07) is 5.11. The summed E-state index contributed by atoms with van der Waals surface area (Å²) >= 11 is 0. The smallest absolute Gasteiger partial charge is 0.248 e. The minimum atomic E-state index is -0.521. The van der Waals surface area contributed by atoms with Crippen LogP contribution in [0.2, 0.25) is 0 Å². The van der Waals surface area contributed by atoms with Crippen LogP contribution in [0.3, 0.4) is 0 Å². The van der Waals surface area contributed by atoms with E-state index in [1.807, 2.05) is 0 Å². The maximum Gasteiger partial charge on any atom is 0.248 e. The standard InChI is InChI=1S/C18H25N9O/c19-13-4-3-11(15(20)28)9-14(13)23-17-24-16(22-12-5-6-21-10-12)25-18(26-17)27-7-1-2-8-27/h3-4,9,12,21H,1-2,5-8,10,19H2,(H2,20,28)(H2,22,23,24,25,26). The lowest BCUT2D eigenvalue weighted by Crippen LogP contribution is -2.26. The van der Waals surface area contributed by atoms with Gasteiger partial charge in [0, 0.05) is 31.2 Å². The number of nitrogens with zero attached hydrogens (tertiary/aromatic N) is 4. The van der Waals surface area contributed by atoms with Crippen LogP contribution in [0, 0.1) is 0 Å². The fourth-order valence-corrected chi connectivity index (χ4v) is 3.44. The van der Waals surface area contributed by atoms with Crippen molar-refractivity contribution in [2.75, 3.05) is 47.4 Å². The van der Waals surface area contributed by atoms with Crippen molar-refractivity contribution in [3.63, 3.8) is 0 Å². The van der Waals surface area contributed by atoms with Crippen LogP contribution >= 0.6 is 0 Å². The summed E-state index contributed by atoms with van der Waals surface area (Å²) in [5.41, 5.74) is 12.8. The van der Waals surface area contributed by atoms with Gasteiger partial charge in [-0.2, -0.15) is 15.0 Å². The van der Waals surface area contributed by atoms with Gasteiger partial charge in [0.15, 0.2) is 0 Å². The monoisotopic (exact) mass is 383 g/mol. The fraction of sp³-hybridized carbons (Fsp3) is 0.444. The van der Waals surface area contributed by atoms with Crippen molar-refractivity contribution < 1.29 is 4.79 Å². The number of carbonyl (C=O) groups excluding carboxylic acids is 1. The summed E-state index contributed by atoms with van der Waals surface area (Å²) < 4.78 is 0. The normalized spacial score (nSPS) is 19.0. The molecule has 28 heavy (non-hydrogen) atoms. The number of benzene rings is 1. The fourth-order valence-electron chi connectivity index (χ4n) is 3.44. The molecule has 10 nitrogen and oxygen atoms in total. The van der Waals surface area contributed by atoms with E-state index in [-0.39, 0.29) is 6.04 Å². The maximum absolute atomic E-state index is 11.5. The number of anilines is 5. The Morgan fingerprint density at radius 3 is 2.68 bits per heavy atom. The molecule has 2 aliphatic rings. The quantitative estimate of drug-likeness (QED) is 0.454. The van der Waals surface area contributed by atoms with E-state index in [1.165, 1.54) is 0 Å². The zero-order valence-corrected chi connectivity index (χ0v) is 15.6. The molecule has 0 aliphatic carbocycles. The van der Waals surface area contributed by atoms with Crippen molar-refractivity contribution in [2.45, 2.75) is 25.3 Å². The summed E-state index contributed by atoms with van der Waals surface area (Å²) in [5.74, 6) is 1.01. The number of primary amides is 1. The molecule has 1 atom stereocenters. The number of nitrogens with two attached hydrogens (primary N) is 2. The molecule has 2 saturated heterocycles. The van der Waals surface area contributed by atoms with E-state index in [0.29, 0.717) is 34.8 Å². The van der Waals surface area contributed by atoms with Crippen LogP contribution in [0.15, 0.2) is 18.2 Å². The van der Waals surface area contributed by atoms with Crippen LogP contribution in [-0.4, -0.2) is 53.1 Å². The van der Waals surface area contributed by atoms with Gasteiger partial charge in [0.25, 0.3) is 0 Å². The van der Waals surface area contributed by atoms with Gasteiger partial charge in [0.05, 0.1) is 11.4 Å². The highest BCUT2D eigenvalue weighted by Gasteiger charge is 2.20. The van der Waals surface area contributed by atoms with E-state index in [1.54, 1.807) is 18.2 Å². The lowest BCUT2D eigenvalue weighted by Gasteiger charge is -2.19. The predicted molar refractivity (Wildman–Crippen MR) is 109 cm³/mol. The molecule has 10 heteroatoms. The van der Waals surface area contributed by atoms with Gasteiger partial charge < -0.3 is 32.3 Å². The Morgan fingerprint density at radius 2 is 1.96 bits per heavy atom. The highest BCUT2D eigenvalue weighted by atomic mass is 16.1. The molecular formula is C18H25N9O. The minimum Gasteiger partial charge on any atom is -0.397 e. The van der Waals surface area contributed by atoms with Gasteiger partial charge in [-0.25, -0.2) is 0 Å². The maximum atomic E-state index is 11.5. The molecular weight excluding hydrogens is 358 g/mol. The molecule has 0 spiro atoms. The van der Waals surface area contributed by atoms with Crippen LogP contribution in [0.5, 0.6) is 0 Å². The second-order valence-electron chi connectivity index (χ2n) is 7.10. The van der Waals surface area contributed by atoms with Crippen molar-refractivity contribution in [1.82, 2.24) is 20.3 Å². The van der Waals surface area contributed by atoms with Crippen molar-refractivity contribution in [1.29, 1.82) is 0 Å². The first kappa shape index (κ1) is 18.2. The van der Waals surface area contributed by atoms with Gasteiger partial charge in [0.2, 0.25) is 23.8 Å². The van der Waals surface area contributed by atoms with Gasteiger partial charge in [-0.3, -0.25) is 4.79 Å². The molecule has 0 radical (unpaired) electrons. The summed E-state index contributed by atoms with van der Waals surface area (Å²) in [6.45, 7) is 3.70. The van der Waals surface area contributed by atoms with Crippen molar-refractivity contribution in [3.8, 4) is 0 Å². The Morgan fingerprint density at radius 1 is 1.18 bits per heavy atom. The molecule has 1 unspecified atom stereocenters. The Hall–Kier alpha value is -3.14. The average molecular weight is 383 g/mol. The molecule has 4 rings (SSSR count). The van der Waals surface area contributed by atoms with Crippen molar-refractivity contribution >= 4 is 35.1 Å². The zero-order valence-electron chi connectivity index (χ0n) is 15.6. The average Bonchev–Trinajstić information content (AvgIpc) is 3.37.